The highest BCUT2D eigenvalue weighted by atomic mass is 14.8. The Morgan fingerprint density at radius 1 is 1.00 bits per heavy atom. The van der Waals surface area contributed by atoms with E-state index < -0.39 is 0 Å². The molecule has 2 aliphatic carbocycles. The van der Waals surface area contributed by atoms with Gasteiger partial charge in [-0.25, -0.2) is 0 Å². The first kappa shape index (κ1) is 9.51. The third-order valence-corrected chi connectivity index (χ3v) is 4.20. The van der Waals surface area contributed by atoms with Crippen LogP contribution in [0.15, 0.2) is 0 Å². The SMILES string of the molecule is CNCC1CCC1C1CCCCC1. The molecule has 13 heavy (non-hydrogen) atoms. The van der Waals surface area contributed by atoms with Crippen LogP contribution in [0.4, 0.5) is 0 Å². The van der Waals surface area contributed by atoms with Crippen molar-refractivity contribution in [1.29, 1.82) is 0 Å². The molecule has 2 aliphatic rings. The van der Waals surface area contributed by atoms with E-state index in [9.17, 15) is 0 Å². The van der Waals surface area contributed by atoms with Crippen molar-refractivity contribution in [1.82, 2.24) is 5.32 Å². The van der Waals surface area contributed by atoms with Crippen LogP contribution in [-0.2, 0) is 0 Å². The molecule has 0 radical (unpaired) electrons. The molecule has 0 spiro atoms. The molecule has 2 fully saturated rings. The lowest BCUT2D eigenvalue weighted by Gasteiger charge is -2.43. The van der Waals surface area contributed by atoms with Crippen LogP contribution in [0.5, 0.6) is 0 Å². The lowest BCUT2D eigenvalue weighted by molar-refractivity contribution is 0.0800. The van der Waals surface area contributed by atoms with Crippen molar-refractivity contribution in [3.8, 4) is 0 Å². The molecule has 2 unspecified atom stereocenters. The zero-order valence-corrected chi connectivity index (χ0v) is 8.89. The molecular formula is C12H23N. The summed E-state index contributed by atoms with van der Waals surface area (Å²) in [4.78, 5) is 0. The van der Waals surface area contributed by atoms with E-state index >= 15 is 0 Å². The van der Waals surface area contributed by atoms with E-state index in [1.165, 1.54) is 51.5 Å². The smallest absolute Gasteiger partial charge is 0.00208 e. The highest BCUT2D eigenvalue weighted by Gasteiger charge is 2.36. The molecule has 1 heteroatoms. The Balaban J connectivity index is 1.78. The zero-order valence-electron chi connectivity index (χ0n) is 8.89. The van der Waals surface area contributed by atoms with Crippen molar-refractivity contribution in [2.45, 2.75) is 44.9 Å². The van der Waals surface area contributed by atoms with Crippen molar-refractivity contribution in [2.75, 3.05) is 13.6 Å². The average Bonchev–Trinajstić information content (AvgIpc) is 2.14. The maximum Gasteiger partial charge on any atom is -0.00208 e. The first-order valence-corrected chi connectivity index (χ1v) is 6.06. The van der Waals surface area contributed by atoms with Crippen molar-refractivity contribution in [3.63, 3.8) is 0 Å². The van der Waals surface area contributed by atoms with E-state index in [0.717, 1.165) is 17.8 Å². The van der Waals surface area contributed by atoms with Gasteiger partial charge in [0, 0.05) is 0 Å². The largest absolute Gasteiger partial charge is 0.319 e. The third kappa shape index (κ3) is 2.07. The summed E-state index contributed by atoms with van der Waals surface area (Å²) in [5.74, 6) is 3.21. The number of nitrogens with one attached hydrogen (secondary N) is 1. The highest BCUT2D eigenvalue weighted by Crippen LogP contribution is 2.44. The van der Waals surface area contributed by atoms with Gasteiger partial charge in [0.25, 0.3) is 0 Å². The van der Waals surface area contributed by atoms with E-state index in [1.54, 1.807) is 0 Å². The molecule has 1 nitrogen and oxygen atoms in total. The van der Waals surface area contributed by atoms with Crippen molar-refractivity contribution >= 4 is 0 Å². The molecule has 2 rings (SSSR count). The van der Waals surface area contributed by atoms with Crippen LogP contribution in [0.2, 0.25) is 0 Å². The van der Waals surface area contributed by atoms with E-state index in [0.29, 0.717) is 0 Å². The van der Waals surface area contributed by atoms with Gasteiger partial charge in [-0.05, 0) is 44.2 Å². The second-order valence-corrected chi connectivity index (χ2v) is 4.96. The Morgan fingerprint density at radius 2 is 1.77 bits per heavy atom. The maximum absolute atomic E-state index is 3.34. The molecular weight excluding hydrogens is 158 g/mol. The minimum atomic E-state index is 1.02. The molecule has 0 aliphatic heterocycles. The quantitative estimate of drug-likeness (QED) is 0.706. The van der Waals surface area contributed by atoms with Gasteiger partial charge in [-0.1, -0.05) is 32.1 Å². The standard InChI is InChI=1S/C12H23N/c1-13-9-11-7-8-12(11)10-5-3-2-4-6-10/h10-13H,2-9H2,1H3. The minimum absolute atomic E-state index is 1.02. The lowest BCUT2D eigenvalue weighted by Crippen LogP contribution is -2.39. The molecule has 76 valence electrons. The maximum atomic E-state index is 3.34. The summed E-state index contributed by atoms with van der Waals surface area (Å²) in [5.41, 5.74) is 0. The lowest BCUT2D eigenvalue weighted by atomic mass is 9.63. The Labute approximate surface area is 82.3 Å². The summed E-state index contributed by atoms with van der Waals surface area (Å²) in [7, 11) is 2.09. The third-order valence-electron chi connectivity index (χ3n) is 4.20. The molecule has 2 saturated carbocycles. The van der Waals surface area contributed by atoms with Gasteiger partial charge in [0.15, 0.2) is 0 Å². The van der Waals surface area contributed by atoms with Crippen LogP contribution in [0.1, 0.15) is 44.9 Å². The molecule has 0 aromatic heterocycles. The van der Waals surface area contributed by atoms with Gasteiger partial charge < -0.3 is 5.32 Å². The fraction of sp³-hybridized carbons (Fsp3) is 1.00. The predicted molar refractivity (Wildman–Crippen MR) is 56.7 cm³/mol. The normalized spacial score (nSPS) is 35.8. The van der Waals surface area contributed by atoms with Gasteiger partial charge >= 0.3 is 0 Å². The molecule has 1 N–H and O–H groups in total. The van der Waals surface area contributed by atoms with Gasteiger partial charge in [-0.2, -0.15) is 0 Å². The van der Waals surface area contributed by atoms with E-state index in [-0.39, 0.29) is 0 Å². The predicted octanol–water partition coefficient (Wildman–Crippen LogP) is 2.81. The summed E-state index contributed by atoms with van der Waals surface area (Å²) in [5, 5.41) is 3.34. The van der Waals surface area contributed by atoms with E-state index in [1.807, 2.05) is 0 Å². The van der Waals surface area contributed by atoms with E-state index in [4.69, 9.17) is 0 Å². The fourth-order valence-corrected chi connectivity index (χ4v) is 3.29. The van der Waals surface area contributed by atoms with Crippen LogP contribution in [0.3, 0.4) is 0 Å². The summed E-state index contributed by atoms with van der Waals surface area (Å²) in [6.07, 6.45) is 10.6. The summed E-state index contributed by atoms with van der Waals surface area (Å²) in [6.45, 7) is 1.27. The van der Waals surface area contributed by atoms with E-state index in [2.05, 4.69) is 12.4 Å². The highest BCUT2D eigenvalue weighted by molar-refractivity contribution is 4.87. The molecule has 0 bridgehead atoms. The van der Waals surface area contributed by atoms with Gasteiger partial charge in [-0.15, -0.1) is 0 Å². The van der Waals surface area contributed by atoms with Crippen LogP contribution < -0.4 is 5.32 Å². The molecule has 0 saturated heterocycles. The monoisotopic (exact) mass is 181 g/mol. The van der Waals surface area contributed by atoms with Crippen molar-refractivity contribution < 1.29 is 0 Å². The second kappa shape index (κ2) is 4.45. The Hall–Kier alpha value is -0.0400. The number of hydrogen-bond acceptors (Lipinski definition) is 1. The van der Waals surface area contributed by atoms with Crippen LogP contribution in [0, 0.1) is 17.8 Å². The molecule has 2 atom stereocenters. The van der Waals surface area contributed by atoms with Gasteiger partial charge in [0.1, 0.15) is 0 Å². The van der Waals surface area contributed by atoms with Gasteiger partial charge in [0.2, 0.25) is 0 Å². The molecule has 0 aromatic carbocycles. The summed E-state index contributed by atoms with van der Waals surface area (Å²) >= 11 is 0. The Morgan fingerprint density at radius 3 is 2.31 bits per heavy atom. The molecule has 0 aromatic rings. The first-order valence-electron chi connectivity index (χ1n) is 6.06. The van der Waals surface area contributed by atoms with Crippen LogP contribution in [0.25, 0.3) is 0 Å². The second-order valence-electron chi connectivity index (χ2n) is 4.96. The first-order chi connectivity index (χ1) is 6.42. The van der Waals surface area contributed by atoms with Crippen molar-refractivity contribution in [2.24, 2.45) is 17.8 Å². The average molecular weight is 181 g/mol. The fourth-order valence-electron chi connectivity index (χ4n) is 3.29. The summed E-state index contributed by atoms with van der Waals surface area (Å²) in [6, 6.07) is 0. The Bertz CT molecular complexity index is 149. The van der Waals surface area contributed by atoms with Crippen LogP contribution >= 0.6 is 0 Å². The zero-order chi connectivity index (χ0) is 9.10. The summed E-state index contributed by atoms with van der Waals surface area (Å²) < 4.78 is 0. The Kier molecular flexibility index (Phi) is 3.26. The molecule has 0 heterocycles. The van der Waals surface area contributed by atoms with Crippen molar-refractivity contribution in [3.05, 3.63) is 0 Å². The van der Waals surface area contributed by atoms with Crippen LogP contribution in [-0.4, -0.2) is 13.6 Å². The molecule has 0 amide bonds. The van der Waals surface area contributed by atoms with Gasteiger partial charge in [-0.3, -0.25) is 0 Å². The number of rotatable bonds is 3. The van der Waals surface area contributed by atoms with Gasteiger partial charge in [0.05, 0.1) is 0 Å². The minimum Gasteiger partial charge on any atom is -0.319 e. The number of hydrogen-bond donors (Lipinski definition) is 1. The topological polar surface area (TPSA) is 12.0 Å².